The first-order valence-electron chi connectivity index (χ1n) is 17.5. The molecule has 0 radical (unpaired) electrons. The van der Waals surface area contributed by atoms with Crippen LogP contribution in [0.1, 0.15) is 140 Å². The van der Waals surface area contributed by atoms with E-state index < -0.39 is 17.5 Å². The molecule has 0 aliphatic carbocycles. The summed E-state index contributed by atoms with van der Waals surface area (Å²) in [4.78, 5) is 44.9. The van der Waals surface area contributed by atoms with E-state index in [0.29, 0.717) is 23.4 Å². The van der Waals surface area contributed by atoms with Crippen molar-refractivity contribution in [2.24, 2.45) is 0 Å². The van der Waals surface area contributed by atoms with Gasteiger partial charge in [-0.25, -0.2) is 9.78 Å². The Balaban J connectivity index is 1.13. The third-order valence-corrected chi connectivity index (χ3v) is 9.66. The Labute approximate surface area is 267 Å². The van der Waals surface area contributed by atoms with Crippen molar-refractivity contribution < 1.29 is 19.1 Å². The summed E-state index contributed by atoms with van der Waals surface area (Å²) in [6.45, 7) is 4.33. The molecule has 7 nitrogen and oxygen atoms in total. The summed E-state index contributed by atoms with van der Waals surface area (Å²) >= 11 is 0. The van der Waals surface area contributed by atoms with Gasteiger partial charge in [-0.2, -0.15) is 0 Å². The van der Waals surface area contributed by atoms with Gasteiger partial charge in [0, 0.05) is 22.9 Å². The Morgan fingerprint density at radius 3 is 2.13 bits per heavy atom. The Hall–Kier alpha value is -3.48. The Kier molecular flexibility index (Phi) is 11.5. The molecule has 0 N–H and O–H groups in total. The smallest absolute Gasteiger partial charge is 0.355 e. The van der Waals surface area contributed by atoms with Crippen LogP contribution in [0, 0.1) is 0 Å². The summed E-state index contributed by atoms with van der Waals surface area (Å²) in [5.74, 6) is -1.04. The summed E-state index contributed by atoms with van der Waals surface area (Å²) in [5, 5.41) is 1.01. The number of rotatable bonds is 18. The molecule has 0 bridgehead atoms. The molecule has 2 aliphatic rings. The minimum absolute atomic E-state index is 0.128. The summed E-state index contributed by atoms with van der Waals surface area (Å²) in [7, 11) is 0. The molecule has 4 heterocycles. The van der Waals surface area contributed by atoms with Crippen molar-refractivity contribution in [1.29, 1.82) is 0 Å². The van der Waals surface area contributed by atoms with E-state index in [0.717, 1.165) is 41.4 Å². The molecule has 45 heavy (non-hydrogen) atoms. The summed E-state index contributed by atoms with van der Waals surface area (Å²) in [5.41, 5.74) is 2.11. The van der Waals surface area contributed by atoms with Gasteiger partial charge in [-0.15, -0.1) is 0 Å². The molecule has 5 rings (SSSR count). The van der Waals surface area contributed by atoms with Gasteiger partial charge in [-0.3, -0.25) is 9.59 Å². The van der Waals surface area contributed by atoms with Gasteiger partial charge >= 0.3 is 11.9 Å². The van der Waals surface area contributed by atoms with Gasteiger partial charge in [0.1, 0.15) is 6.61 Å². The van der Waals surface area contributed by atoms with Gasteiger partial charge in [0.25, 0.3) is 5.56 Å². The fraction of sp³-hybridized carbons (Fsp3) is 0.579. The number of cyclic esters (lactones) is 1. The molecule has 7 heteroatoms. The number of esters is 2. The predicted octanol–water partition coefficient (Wildman–Crippen LogP) is 8.89. The molecule has 2 aliphatic heterocycles. The number of ether oxygens (including phenoxy) is 2. The Morgan fingerprint density at radius 2 is 1.49 bits per heavy atom. The van der Waals surface area contributed by atoms with E-state index in [1.165, 1.54) is 77.0 Å². The molecule has 1 atom stereocenters. The predicted molar refractivity (Wildman–Crippen MR) is 178 cm³/mol. The fourth-order valence-electron chi connectivity index (χ4n) is 6.97. The number of fused-ring (bicyclic) bond motifs is 5. The number of carbonyl (C=O) groups excluding carboxylic acids is 2. The molecule has 1 unspecified atom stereocenters. The quantitative estimate of drug-likeness (QED) is 0.0822. The highest BCUT2D eigenvalue weighted by Gasteiger charge is 2.50. The lowest BCUT2D eigenvalue weighted by Crippen LogP contribution is -2.47. The van der Waals surface area contributed by atoms with Crippen LogP contribution in [0.5, 0.6) is 0 Å². The first-order valence-corrected chi connectivity index (χ1v) is 17.5. The molecule has 242 valence electrons. The lowest BCUT2D eigenvalue weighted by molar-refractivity contribution is -0.189. The number of hydrogen-bond donors (Lipinski definition) is 0. The van der Waals surface area contributed by atoms with Gasteiger partial charge < -0.3 is 14.0 Å². The van der Waals surface area contributed by atoms with Crippen molar-refractivity contribution in [3.8, 4) is 11.4 Å². The van der Waals surface area contributed by atoms with Crippen molar-refractivity contribution in [1.82, 2.24) is 9.55 Å². The average Bonchev–Trinajstić information content (AvgIpc) is 3.41. The summed E-state index contributed by atoms with van der Waals surface area (Å²) < 4.78 is 13.1. The zero-order valence-electron chi connectivity index (χ0n) is 27.3. The van der Waals surface area contributed by atoms with Gasteiger partial charge in [0.15, 0.2) is 0 Å². The zero-order chi connectivity index (χ0) is 31.6. The number of pyridine rings is 2. The fourth-order valence-corrected chi connectivity index (χ4v) is 6.97. The maximum absolute atomic E-state index is 13.7. The minimum Gasteiger partial charge on any atom is -0.457 e. The molecular formula is C38H50N2O5. The molecule has 1 aromatic carbocycles. The molecule has 0 fully saturated rings. The molecule has 0 saturated heterocycles. The lowest BCUT2D eigenvalue weighted by Gasteiger charge is -2.35. The first kappa shape index (κ1) is 32.9. The number of para-hydroxylation sites is 1. The van der Waals surface area contributed by atoms with Crippen LogP contribution >= 0.6 is 0 Å². The van der Waals surface area contributed by atoms with Crippen LogP contribution in [0.2, 0.25) is 0 Å². The van der Waals surface area contributed by atoms with Crippen molar-refractivity contribution >= 4 is 22.8 Å². The van der Waals surface area contributed by atoms with Crippen LogP contribution in [-0.2, 0) is 37.8 Å². The monoisotopic (exact) mass is 614 g/mol. The highest BCUT2D eigenvalue weighted by molar-refractivity contribution is 5.88. The van der Waals surface area contributed by atoms with E-state index >= 15 is 0 Å². The maximum Gasteiger partial charge on any atom is 0.355 e. The topological polar surface area (TPSA) is 87.5 Å². The lowest BCUT2D eigenvalue weighted by atomic mass is 9.85. The Morgan fingerprint density at radius 1 is 0.867 bits per heavy atom. The number of nitrogens with zero attached hydrogens (tertiary/aromatic N) is 2. The van der Waals surface area contributed by atoms with Gasteiger partial charge in [-0.1, -0.05) is 122 Å². The number of unbranched alkanes of at least 4 members (excludes halogenated alkanes) is 14. The van der Waals surface area contributed by atoms with Crippen molar-refractivity contribution in [3.63, 3.8) is 0 Å². The highest BCUT2D eigenvalue weighted by atomic mass is 16.6. The SMILES string of the molecule is CCCCCCCCCCCCCCCCCC(=O)OC1(CC)C(=O)OCc2c1cc1n(c2=O)Cc2cc3ccccc3nc2-1. The second-order valence-electron chi connectivity index (χ2n) is 12.9. The molecule has 0 spiro atoms. The number of aromatic nitrogens is 2. The van der Waals surface area contributed by atoms with E-state index in [2.05, 4.69) is 13.0 Å². The second-order valence-corrected chi connectivity index (χ2v) is 12.9. The highest BCUT2D eigenvalue weighted by Crippen LogP contribution is 2.41. The van der Waals surface area contributed by atoms with E-state index in [1.54, 1.807) is 11.5 Å². The molecule has 3 aromatic rings. The normalized spacial score (nSPS) is 16.7. The standard InChI is InChI=1S/C38H50N2O5/c1-3-5-6-7-8-9-10-11-12-13-14-15-16-17-18-23-34(41)45-38(4-2)31-25-33-35-29(24-28-21-19-20-22-32(28)39-35)26-40(33)36(42)30(31)27-44-37(38)43/h19-22,24-25H,3-18,23,26-27H2,1-2H3. The van der Waals surface area contributed by atoms with Gasteiger partial charge in [-0.05, 0) is 31.0 Å². The molecule has 2 aromatic heterocycles. The van der Waals surface area contributed by atoms with Crippen LogP contribution in [0.3, 0.4) is 0 Å². The number of benzene rings is 1. The molecule has 0 amide bonds. The van der Waals surface area contributed by atoms with Crippen LogP contribution in [-0.4, -0.2) is 21.5 Å². The van der Waals surface area contributed by atoms with Crippen LogP contribution in [0.4, 0.5) is 0 Å². The van der Waals surface area contributed by atoms with E-state index in [9.17, 15) is 14.4 Å². The van der Waals surface area contributed by atoms with E-state index in [-0.39, 0.29) is 25.0 Å². The number of hydrogen-bond acceptors (Lipinski definition) is 6. The van der Waals surface area contributed by atoms with Gasteiger partial charge in [0.2, 0.25) is 5.60 Å². The third kappa shape index (κ3) is 7.50. The molecular weight excluding hydrogens is 564 g/mol. The summed E-state index contributed by atoms with van der Waals surface area (Å²) in [6.07, 6.45) is 19.2. The largest absolute Gasteiger partial charge is 0.457 e. The van der Waals surface area contributed by atoms with Crippen LogP contribution < -0.4 is 5.56 Å². The minimum atomic E-state index is -1.63. The molecule has 0 saturated carbocycles. The van der Waals surface area contributed by atoms with E-state index in [1.807, 2.05) is 30.3 Å². The zero-order valence-corrected chi connectivity index (χ0v) is 27.3. The average molecular weight is 615 g/mol. The van der Waals surface area contributed by atoms with Crippen LogP contribution in [0.15, 0.2) is 41.2 Å². The second kappa shape index (κ2) is 15.7. The van der Waals surface area contributed by atoms with Crippen LogP contribution in [0.25, 0.3) is 22.3 Å². The third-order valence-electron chi connectivity index (χ3n) is 9.66. The summed E-state index contributed by atoms with van der Waals surface area (Å²) in [6, 6.07) is 11.8. The number of carbonyl (C=O) groups is 2. The van der Waals surface area contributed by atoms with E-state index in [4.69, 9.17) is 14.5 Å². The maximum atomic E-state index is 13.7. The Bertz CT molecular complexity index is 1540. The van der Waals surface area contributed by atoms with Crippen molar-refractivity contribution in [2.75, 3.05) is 0 Å². The van der Waals surface area contributed by atoms with Crippen molar-refractivity contribution in [3.05, 3.63) is 63.4 Å². The first-order chi connectivity index (χ1) is 22.0. The van der Waals surface area contributed by atoms with Gasteiger partial charge in [0.05, 0.1) is 29.0 Å². The van der Waals surface area contributed by atoms with Crippen molar-refractivity contribution in [2.45, 2.75) is 142 Å².